The van der Waals surface area contributed by atoms with E-state index in [1.807, 2.05) is 45.9 Å². The number of hydrogen-bond donors (Lipinski definition) is 1. The number of anilines is 1. The number of aryl methyl sites for hydroxylation is 1. The summed E-state index contributed by atoms with van der Waals surface area (Å²) in [4.78, 5) is 4.46. The average molecular weight is 275 g/mol. The van der Waals surface area contributed by atoms with Crippen LogP contribution in [0.3, 0.4) is 0 Å². The van der Waals surface area contributed by atoms with Gasteiger partial charge in [0.2, 0.25) is 5.82 Å². The van der Waals surface area contributed by atoms with Gasteiger partial charge in [0.15, 0.2) is 0 Å². The zero-order chi connectivity index (χ0) is 14.8. The summed E-state index contributed by atoms with van der Waals surface area (Å²) in [7, 11) is 0. The van der Waals surface area contributed by atoms with Crippen LogP contribution in [0.4, 0.5) is 5.69 Å². The molecule has 0 bridgehead atoms. The van der Waals surface area contributed by atoms with Crippen LogP contribution in [0.2, 0.25) is 0 Å². The molecule has 1 aromatic heterocycles. The Balaban J connectivity index is 2.40. The number of nitrogens with two attached hydrogens (primary N) is 1. The maximum atomic E-state index is 5.97. The third-order valence-corrected chi connectivity index (χ3v) is 3.48. The van der Waals surface area contributed by atoms with E-state index in [9.17, 15) is 0 Å². The number of hydrogen-bond acceptors (Lipinski definition) is 5. The number of benzene rings is 1. The van der Waals surface area contributed by atoms with E-state index in [0.29, 0.717) is 24.0 Å². The van der Waals surface area contributed by atoms with Crippen LogP contribution in [0.25, 0.3) is 11.5 Å². The lowest BCUT2D eigenvalue weighted by Crippen LogP contribution is -2.26. The summed E-state index contributed by atoms with van der Waals surface area (Å²) in [6.45, 7) is 8.54. The Kier molecular flexibility index (Phi) is 4.09. The predicted molar refractivity (Wildman–Crippen MR) is 78.2 cm³/mol. The van der Waals surface area contributed by atoms with Crippen molar-refractivity contribution in [3.05, 3.63) is 29.6 Å². The Morgan fingerprint density at radius 1 is 1.35 bits per heavy atom. The lowest BCUT2D eigenvalue weighted by atomic mass is 10.0. The number of aromatic nitrogens is 2. The highest BCUT2D eigenvalue weighted by molar-refractivity contribution is 5.71. The van der Waals surface area contributed by atoms with Gasteiger partial charge in [-0.25, -0.2) is 0 Å². The first kappa shape index (κ1) is 14.5. The molecule has 1 unspecified atom stereocenters. The lowest BCUT2D eigenvalue weighted by molar-refractivity contribution is -0.0403. The summed E-state index contributed by atoms with van der Waals surface area (Å²) < 4.78 is 11.1. The largest absolute Gasteiger partial charge is 0.398 e. The standard InChI is InChI=1S/C15H21N3O2/c1-5-15(4,19-6-2)14-17-13(20-18-14)11-9-10(3)7-8-12(11)16/h7-9H,5-6,16H2,1-4H3. The molecule has 5 nitrogen and oxygen atoms in total. The van der Waals surface area contributed by atoms with E-state index in [4.69, 9.17) is 15.0 Å². The van der Waals surface area contributed by atoms with Crippen molar-refractivity contribution in [2.24, 2.45) is 0 Å². The van der Waals surface area contributed by atoms with Crippen LogP contribution in [-0.4, -0.2) is 16.7 Å². The van der Waals surface area contributed by atoms with E-state index in [1.165, 1.54) is 0 Å². The molecule has 0 aliphatic rings. The molecule has 2 N–H and O–H groups in total. The molecule has 0 radical (unpaired) electrons. The van der Waals surface area contributed by atoms with Crippen LogP contribution < -0.4 is 5.73 Å². The normalized spacial score (nSPS) is 14.2. The van der Waals surface area contributed by atoms with Gasteiger partial charge in [0.05, 0.1) is 5.56 Å². The Morgan fingerprint density at radius 3 is 2.75 bits per heavy atom. The summed E-state index contributed by atoms with van der Waals surface area (Å²) in [6, 6.07) is 5.74. The molecule has 1 aromatic carbocycles. The van der Waals surface area contributed by atoms with Crippen molar-refractivity contribution < 1.29 is 9.26 Å². The van der Waals surface area contributed by atoms with Crippen LogP contribution in [0.5, 0.6) is 0 Å². The molecule has 108 valence electrons. The number of nitrogen functional groups attached to an aromatic ring is 1. The second-order valence-corrected chi connectivity index (χ2v) is 5.03. The van der Waals surface area contributed by atoms with E-state index in [1.54, 1.807) is 0 Å². The highest BCUT2D eigenvalue weighted by Crippen LogP contribution is 2.30. The zero-order valence-corrected chi connectivity index (χ0v) is 12.4. The molecule has 1 heterocycles. The maximum absolute atomic E-state index is 5.97. The summed E-state index contributed by atoms with van der Waals surface area (Å²) in [5, 5.41) is 4.06. The molecule has 0 saturated carbocycles. The van der Waals surface area contributed by atoms with E-state index in [-0.39, 0.29) is 0 Å². The molecule has 2 rings (SSSR count). The van der Waals surface area contributed by atoms with E-state index >= 15 is 0 Å². The van der Waals surface area contributed by atoms with Crippen LogP contribution in [0, 0.1) is 6.92 Å². The molecular formula is C15H21N3O2. The lowest BCUT2D eigenvalue weighted by Gasteiger charge is -2.23. The van der Waals surface area contributed by atoms with E-state index in [2.05, 4.69) is 10.1 Å². The first-order chi connectivity index (χ1) is 9.50. The monoisotopic (exact) mass is 275 g/mol. The molecular weight excluding hydrogens is 254 g/mol. The number of rotatable bonds is 5. The predicted octanol–water partition coefficient (Wildman–Crippen LogP) is 3.29. The van der Waals surface area contributed by atoms with Gasteiger partial charge in [-0.3, -0.25) is 0 Å². The van der Waals surface area contributed by atoms with Crippen LogP contribution in [-0.2, 0) is 10.3 Å². The molecule has 5 heteroatoms. The molecule has 0 aliphatic carbocycles. The third kappa shape index (κ3) is 2.67. The minimum Gasteiger partial charge on any atom is -0.398 e. The quantitative estimate of drug-likeness (QED) is 0.847. The van der Waals surface area contributed by atoms with Crippen LogP contribution >= 0.6 is 0 Å². The molecule has 0 amide bonds. The van der Waals surface area contributed by atoms with Gasteiger partial charge in [-0.05, 0) is 39.3 Å². The topological polar surface area (TPSA) is 74.2 Å². The molecule has 0 spiro atoms. The highest BCUT2D eigenvalue weighted by atomic mass is 16.5. The van der Waals surface area contributed by atoms with Crippen molar-refractivity contribution >= 4 is 5.69 Å². The summed E-state index contributed by atoms with van der Waals surface area (Å²) in [6.07, 6.45) is 0.767. The smallest absolute Gasteiger partial charge is 0.260 e. The number of ether oxygens (including phenoxy) is 1. The summed E-state index contributed by atoms with van der Waals surface area (Å²) >= 11 is 0. The fraction of sp³-hybridized carbons (Fsp3) is 0.467. The molecule has 0 saturated heterocycles. The van der Waals surface area contributed by atoms with Gasteiger partial charge in [0.25, 0.3) is 5.89 Å². The summed E-state index contributed by atoms with van der Waals surface area (Å²) in [5.74, 6) is 0.985. The van der Waals surface area contributed by atoms with Gasteiger partial charge in [0.1, 0.15) is 5.60 Å². The highest BCUT2D eigenvalue weighted by Gasteiger charge is 2.31. The Hall–Kier alpha value is -1.88. The van der Waals surface area contributed by atoms with Gasteiger partial charge in [0, 0.05) is 12.3 Å². The Bertz CT molecular complexity index is 595. The van der Waals surface area contributed by atoms with Crippen molar-refractivity contribution in [1.29, 1.82) is 0 Å². The molecule has 0 aliphatic heterocycles. The van der Waals surface area contributed by atoms with Gasteiger partial charge in [-0.1, -0.05) is 23.7 Å². The van der Waals surface area contributed by atoms with Crippen molar-refractivity contribution in [2.45, 2.75) is 39.7 Å². The van der Waals surface area contributed by atoms with Crippen molar-refractivity contribution in [3.63, 3.8) is 0 Å². The maximum Gasteiger partial charge on any atom is 0.260 e. The van der Waals surface area contributed by atoms with Gasteiger partial charge in [-0.15, -0.1) is 0 Å². The Morgan fingerprint density at radius 2 is 2.10 bits per heavy atom. The molecule has 1 atom stereocenters. The van der Waals surface area contributed by atoms with Gasteiger partial charge < -0.3 is 15.0 Å². The van der Waals surface area contributed by atoms with Gasteiger partial charge in [-0.2, -0.15) is 4.98 Å². The van der Waals surface area contributed by atoms with E-state index in [0.717, 1.165) is 17.5 Å². The second kappa shape index (κ2) is 5.63. The van der Waals surface area contributed by atoms with Gasteiger partial charge >= 0.3 is 0 Å². The first-order valence-electron chi connectivity index (χ1n) is 6.84. The van der Waals surface area contributed by atoms with Crippen molar-refractivity contribution in [1.82, 2.24) is 10.1 Å². The fourth-order valence-electron chi connectivity index (χ4n) is 2.05. The van der Waals surface area contributed by atoms with E-state index < -0.39 is 5.60 Å². The summed E-state index contributed by atoms with van der Waals surface area (Å²) in [5.41, 5.74) is 7.92. The molecule has 20 heavy (non-hydrogen) atoms. The molecule has 0 fully saturated rings. The fourth-order valence-corrected chi connectivity index (χ4v) is 2.05. The zero-order valence-electron chi connectivity index (χ0n) is 12.4. The van der Waals surface area contributed by atoms with Crippen LogP contribution in [0.15, 0.2) is 22.7 Å². The second-order valence-electron chi connectivity index (χ2n) is 5.03. The SMILES string of the molecule is CCOC(C)(CC)c1noc(-c2cc(C)ccc2N)n1. The van der Waals surface area contributed by atoms with Crippen molar-refractivity contribution in [2.75, 3.05) is 12.3 Å². The minimum absolute atomic E-state index is 0.431. The minimum atomic E-state index is -0.533. The number of nitrogens with zero attached hydrogens (tertiary/aromatic N) is 2. The third-order valence-electron chi connectivity index (χ3n) is 3.48. The van der Waals surface area contributed by atoms with Crippen LogP contribution in [0.1, 0.15) is 38.6 Å². The molecule has 2 aromatic rings. The average Bonchev–Trinajstić information content (AvgIpc) is 2.92. The first-order valence-corrected chi connectivity index (χ1v) is 6.84. The van der Waals surface area contributed by atoms with Crippen molar-refractivity contribution in [3.8, 4) is 11.5 Å². The Labute approximate surface area is 119 Å².